The molecule has 1 aliphatic rings. The third-order valence-corrected chi connectivity index (χ3v) is 4.29. The minimum atomic E-state index is -3.02. The van der Waals surface area contributed by atoms with E-state index in [1.807, 2.05) is 0 Å². The number of amides is 1. The highest BCUT2D eigenvalue weighted by Crippen LogP contribution is 2.34. The molecule has 1 aromatic heterocycles. The first-order chi connectivity index (χ1) is 12.8. The molecule has 0 aliphatic heterocycles. The highest BCUT2D eigenvalue weighted by atomic mass is 35.5. The van der Waals surface area contributed by atoms with Crippen LogP contribution >= 0.6 is 23.2 Å². The summed E-state index contributed by atoms with van der Waals surface area (Å²) in [6, 6.07) is 3.78. The van der Waals surface area contributed by atoms with Gasteiger partial charge in [0.1, 0.15) is 5.36 Å². The molecule has 0 unspecified atom stereocenters. The van der Waals surface area contributed by atoms with Crippen LogP contribution < -0.4 is 14.8 Å². The second-order valence-electron chi connectivity index (χ2n) is 5.89. The standard InChI is InChI=1S/C17H14Cl2F2N2O4.H2O/c18-11-6-23(25)7-12(19)15(11)22-16(24)10-3-4-13(27-17(20)21)14(5-10)26-8-9-1-2-9;/h3-7,9,17,25H,1-2,8H2;1H2. The van der Waals surface area contributed by atoms with Gasteiger partial charge in [-0.05, 0) is 37.0 Å². The molecule has 2 aromatic rings. The van der Waals surface area contributed by atoms with Crippen molar-refractivity contribution in [2.24, 2.45) is 10.9 Å². The number of hydrogen-bond acceptors (Lipinski definition) is 4. The second kappa shape index (κ2) is 9.22. The van der Waals surface area contributed by atoms with Crippen LogP contribution in [0.25, 0.3) is 0 Å². The molecule has 28 heavy (non-hydrogen) atoms. The van der Waals surface area contributed by atoms with Gasteiger partial charge in [0.05, 0.1) is 29.0 Å². The maximum atomic E-state index is 12.6. The SMILES string of the molecule is O.O=C(N=c1c(Cl)cn(O)cc1Cl)c1ccc(OC(F)F)c(OCC2CC2)c1. The summed E-state index contributed by atoms with van der Waals surface area (Å²) in [4.78, 5) is 16.3. The van der Waals surface area contributed by atoms with Crippen molar-refractivity contribution in [1.82, 2.24) is 4.73 Å². The van der Waals surface area contributed by atoms with E-state index in [9.17, 15) is 18.8 Å². The molecule has 0 radical (unpaired) electrons. The van der Waals surface area contributed by atoms with E-state index < -0.39 is 12.5 Å². The molecule has 0 bridgehead atoms. The summed E-state index contributed by atoms with van der Waals surface area (Å²) >= 11 is 11.9. The van der Waals surface area contributed by atoms with Crippen LogP contribution in [0.4, 0.5) is 8.78 Å². The first-order valence-corrected chi connectivity index (χ1v) is 8.66. The van der Waals surface area contributed by atoms with Gasteiger partial charge in [-0.25, -0.2) is 4.99 Å². The fourth-order valence-corrected chi connectivity index (χ4v) is 2.75. The van der Waals surface area contributed by atoms with Crippen molar-refractivity contribution < 1.29 is 33.7 Å². The molecule has 1 aromatic carbocycles. The Morgan fingerprint density at radius 3 is 2.46 bits per heavy atom. The van der Waals surface area contributed by atoms with Crippen molar-refractivity contribution in [3.8, 4) is 11.5 Å². The molecule has 152 valence electrons. The van der Waals surface area contributed by atoms with Crippen LogP contribution in [0.1, 0.15) is 23.2 Å². The maximum Gasteiger partial charge on any atom is 0.387 e. The normalized spacial score (nSPS) is 13.0. The lowest BCUT2D eigenvalue weighted by atomic mass is 10.2. The second-order valence-corrected chi connectivity index (χ2v) is 6.71. The molecule has 0 saturated heterocycles. The molecule has 1 fully saturated rings. The smallest absolute Gasteiger partial charge is 0.387 e. The highest BCUT2D eigenvalue weighted by molar-refractivity contribution is 6.34. The van der Waals surface area contributed by atoms with E-state index in [0.717, 1.165) is 25.2 Å². The van der Waals surface area contributed by atoms with Gasteiger partial charge in [-0.3, -0.25) is 4.79 Å². The third kappa shape index (κ3) is 5.57. The number of halogens is 4. The number of benzene rings is 1. The summed E-state index contributed by atoms with van der Waals surface area (Å²) in [7, 11) is 0. The number of rotatable bonds is 6. The molecule has 7 nitrogen and oxygen atoms in total. The number of carbonyl (C=O) groups excluding carboxylic acids is 1. The van der Waals surface area contributed by atoms with Crippen LogP contribution in [0.5, 0.6) is 11.5 Å². The van der Waals surface area contributed by atoms with Crippen molar-refractivity contribution >= 4 is 29.1 Å². The molecule has 1 aliphatic carbocycles. The highest BCUT2D eigenvalue weighted by Gasteiger charge is 2.23. The van der Waals surface area contributed by atoms with Gasteiger partial charge in [0, 0.05) is 5.56 Å². The summed E-state index contributed by atoms with van der Waals surface area (Å²) in [5, 5.41) is 9.24. The zero-order valence-corrected chi connectivity index (χ0v) is 15.8. The van der Waals surface area contributed by atoms with Crippen molar-refractivity contribution in [1.29, 1.82) is 0 Å². The fourth-order valence-electron chi connectivity index (χ4n) is 2.22. The fraction of sp³-hybridized carbons (Fsp3) is 0.294. The molecular formula is C17H16Cl2F2N2O5. The summed E-state index contributed by atoms with van der Waals surface area (Å²) in [6.07, 6.45) is 4.25. The molecule has 11 heteroatoms. The monoisotopic (exact) mass is 436 g/mol. The van der Waals surface area contributed by atoms with Crippen LogP contribution in [0.15, 0.2) is 35.6 Å². The van der Waals surface area contributed by atoms with Gasteiger partial charge in [-0.2, -0.15) is 13.5 Å². The van der Waals surface area contributed by atoms with Gasteiger partial charge in [0.2, 0.25) is 0 Å². The lowest BCUT2D eigenvalue weighted by Crippen LogP contribution is -2.13. The number of aromatic nitrogens is 1. The minimum Gasteiger partial charge on any atom is -0.489 e. The maximum absolute atomic E-state index is 12.6. The van der Waals surface area contributed by atoms with E-state index in [1.54, 1.807) is 0 Å². The van der Waals surface area contributed by atoms with Gasteiger partial charge in [0.25, 0.3) is 5.91 Å². The molecule has 1 heterocycles. The van der Waals surface area contributed by atoms with Crippen LogP contribution in [0, 0.1) is 5.92 Å². The van der Waals surface area contributed by atoms with Gasteiger partial charge < -0.3 is 20.2 Å². The average Bonchev–Trinajstić information content (AvgIpc) is 3.40. The number of alkyl halides is 2. The lowest BCUT2D eigenvalue weighted by molar-refractivity contribution is -0.0515. The summed E-state index contributed by atoms with van der Waals surface area (Å²) < 4.78 is 35.7. The Morgan fingerprint density at radius 2 is 1.89 bits per heavy atom. The number of pyridine rings is 1. The van der Waals surface area contributed by atoms with E-state index >= 15 is 0 Å². The Morgan fingerprint density at radius 1 is 1.25 bits per heavy atom. The largest absolute Gasteiger partial charge is 0.489 e. The predicted molar refractivity (Wildman–Crippen MR) is 96.4 cm³/mol. The zero-order valence-electron chi connectivity index (χ0n) is 14.2. The molecule has 1 amide bonds. The van der Waals surface area contributed by atoms with E-state index in [4.69, 9.17) is 27.9 Å². The average molecular weight is 437 g/mol. The summed E-state index contributed by atoms with van der Waals surface area (Å²) in [5.74, 6) is -0.476. The number of hydrogen-bond donors (Lipinski definition) is 1. The van der Waals surface area contributed by atoms with Crippen LogP contribution in [0.3, 0.4) is 0 Å². The number of carbonyl (C=O) groups is 1. The Labute approximate surface area is 168 Å². The minimum absolute atomic E-state index is 0. The van der Waals surface area contributed by atoms with Crippen molar-refractivity contribution in [3.05, 3.63) is 51.6 Å². The van der Waals surface area contributed by atoms with Crippen LogP contribution in [-0.2, 0) is 0 Å². The zero-order chi connectivity index (χ0) is 19.6. The third-order valence-electron chi connectivity index (χ3n) is 3.74. The molecule has 1 saturated carbocycles. The number of nitrogens with zero attached hydrogens (tertiary/aromatic N) is 2. The van der Waals surface area contributed by atoms with Crippen molar-refractivity contribution in [2.75, 3.05) is 6.61 Å². The van der Waals surface area contributed by atoms with Crippen molar-refractivity contribution in [3.63, 3.8) is 0 Å². The summed E-state index contributed by atoms with van der Waals surface area (Å²) in [5.41, 5.74) is 0.0790. The Bertz CT molecular complexity index is 906. The quantitative estimate of drug-likeness (QED) is 0.700. The topological polar surface area (TPSA) is 105 Å². The van der Waals surface area contributed by atoms with E-state index in [1.165, 1.54) is 18.2 Å². The molecule has 0 atom stereocenters. The van der Waals surface area contributed by atoms with E-state index in [-0.39, 0.29) is 37.9 Å². The molecular weight excluding hydrogens is 421 g/mol. The summed E-state index contributed by atoms with van der Waals surface area (Å²) in [6.45, 7) is -2.67. The molecule has 3 N–H and O–H groups in total. The number of ether oxygens (including phenoxy) is 2. The Hall–Kier alpha value is -2.36. The Kier molecular flexibility index (Phi) is 7.22. The van der Waals surface area contributed by atoms with E-state index in [0.29, 0.717) is 17.3 Å². The lowest BCUT2D eigenvalue weighted by Gasteiger charge is -2.12. The van der Waals surface area contributed by atoms with E-state index in [2.05, 4.69) is 9.73 Å². The van der Waals surface area contributed by atoms with Gasteiger partial charge in [-0.1, -0.05) is 23.2 Å². The van der Waals surface area contributed by atoms with Gasteiger partial charge in [-0.15, -0.1) is 0 Å². The van der Waals surface area contributed by atoms with Crippen LogP contribution in [-0.4, -0.2) is 34.5 Å². The Balaban J connectivity index is 0.00000280. The predicted octanol–water partition coefficient (Wildman–Crippen LogP) is 3.34. The first-order valence-electron chi connectivity index (χ1n) is 7.90. The van der Waals surface area contributed by atoms with Crippen molar-refractivity contribution in [2.45, 2.75) is 19.5 Å². The molecule has 0 spiro atoms. The first kappa shape index (κ1) is 21.9. The van der Waals surface area contributed by atoms with Gasteiger partial charge in [0.15, 0.2) is 11.5 Å². The molecule has 3 rings (SSSR count). The van der Waals surface area contributed by atoms with Crippen LogP contribution in [0.2, 0.25) is 10.0 Å². The van der Waals surface area contributed by atoms with Gasteiger partial charge >= 0.3 is 6.61 Å².